The predicted octanol–water partition coefficient (Wildman–Crippen LogP) is 16.1. The Morgan fingerprint density at radius 2 is 1.05 bits per heavy atom. The third-order valence-corrected chi connectivity index (χ3v) is 13.2. The lowest BCUT2D eigenvalue weighted by atomic mass is 10.0. The second-order valence-electron chi connectivity index (χ2n) is 15.2. The van der Waals surface area contributed by atoms with Gasteiger partial charge in [-0.3, -0.25) is 0 Å². The Morgan fingerprint density at radius 3 is 1.88 bits per heavy atom. The van der Waals surface area contributed by atoms with Crippen LogP contribution in [0.4, 0.5) is 17.1 Å². The van der Waals surface area contributed by atoms with Crippen LogP contribution in [0.5, 0.6) is 0 Å². The molecule has 0 saturated carbocycles. The molecule has 0 aliphatic rings. The minimum atomic E-state index is 0.826. The van der Waals surface area contributed by atoms with Crippen molar-refractivity contribution in [3.05, 3.63) is 194 Å². The molecule has 0 saturated heterocycles. The summed E-state index contributed by atoms with van der Waals surface area (Å²) >= 11 is 1.86. The summed E-state index contributed by atoms with van der Waals surface area (Å²) < 4.78 is 18.3. The Labute approximate surface area is 342 Å². The van der Waals surface area contributed by atoms with Crippen LogP contribution in [0.2, 0.25) is 0 Å². The van der Waals surface area contributed by atoms with Crippen molar-refractivity contribution in [1.82, 2.24) is 4.57 Å². The van der Waals surface area contributed by atoms with E-state index < -0.39 is 0 Å². The van der Waals surface area contributed by atoms with Crippen LogP contribution in [0.1, 0.15) is 0 Å². The van der Waals surface area contributed by atoms with E-state index >= 15 is 0 Å². The maximum absolute atomic E-state index is 6.68. The van der Waals surface area contributed by atoms with Crippen LogP contribution >= 0.6 is 11.3 Å². The van der Waals surface area contributed by atoms with E-state index in [9.17, 15) is 0 Å². The minimum Gasteiger partial charge on any atom is -0.456 e. The topological polar surface area (TPSA) is 34.5 Å². The summed E-state index contributed by atoms with van der Waals surface area (Å²) in [5.74, 6) is 0. The number of nitrogens with zero attached hydrogens (tertiary/aromatic N) is 2. The van der Waals surface area contributed by atoms with Gasteiger partial charge < -0.3 is 18.3 Å². The van der Waals surface area contributed by atoms with Gasteiger partial charge in [0, 0.05) is 69.9 Å². The maximum atomic E-state index is 6.68. The fraction of sp³-hybridized carbons (Fsp3) is 0. The van der Waals surface area contributed by atoms with E-state index in [1.807, 2.05) is 23.5 Å². The van der Waals surface area contributed by atoms with Crippen LogP contribution in [-0.4, -0.2) is 4.57 Å². The van der Waals surface area contributed by atoms with Gasteiger partial charge in [-0.05, 0) is 83.9 Å². The monoisotopic (exact) mass is 772 g/mol. The molecule has 13 aromatic rings. The largest absolute Gasteiger partial charge is 0.456 e. The molecule has 276 valence electrons. The van der Waals surface area contributed by atoms with Crippen molar-refractivity contribution < 1.29 is 8.83 Å². The highest BCUT2D eigenvalue weighted by atomic mass is 32.1. The van der Waals surface area contributed by atoms with Gasteiger partial charge in [-0.15, -0.1) is 11.3 Å². The summed E-state index contributed by atoms with van der Waals surface area (Å²) in [5, 5.41) is 9.43. The Hall–Kier alpha value is -7.60. The highest BCUT2D eigenvalue weighted by molar-refractivity contribution is 7.26. The van der Waals surface area contributed by atoms with Crippen molar-refractivity contribution in [3.63, 3.8) is 0 Å². The number of anilines is 3. The lowest BCUT2D eigenvalue weighted by Crippen LogP contribution is -2.10. The first-order chi connectivity index (χ1) is 29.2. The number of aromatic nitrogens is 1. The first-order valence-electron chi connectivity index (χ1n) is 19.9. The molecule has 9 aromatic carbocycles. The van der Waals surface area contributed by atoms with E-state index in [0.29, 0.717) is 0 Å². The van der Waals surface area contributed by atoms with Crippen LogP contribution in [0.15, 0.2) is 203 Å². The zero-order valence-electron chi connectivity index (χ0n) is 31.6. The summed E-state index contributed by atoms with van der Waals surface area (Å²) in [6.45, 7) is 0. The number of furan rings is 2. The summed E-state index contributed by atoms with van der Waals surface area (Å²) in [7, 11) is 0. The van der Waals surface area contributed by atoms with Gasteiger partial charge in [0.1, 0.15) is 16.7 Å². The number of thiophene rings is 1. The highest BCUT2D eigenvalue weighted by Crippen LogP contribution is 2.45. The fourth-order valence-corrected chi connectivity index (χ4v) is 10.6. The molecule has 0 N–H and O–H groups in total. The van der Waals surface area contributed by atoms with Gasteiger partial charge in [0.15, 0.2) is 5.58 Å². The highest BCUT2D eigenvalue weighted by Gasteiger charge is 2.22. The SMILES string of the molecule is c1ccc2c(c1)oc1c(N(c3ccc(-c4cccc5c4sc4ccccc45)cc3)c3ccc4c(c3)oc3ccc(-n5c6ccccc6c6ccccc65)cc34)cccc12. The van der Waals surface area contributed by atoms with Crippen molar-refractivity contribution in [1.29, 1.82) is 0 Å². The molecule has 13 rings (SSSR count). The van der Waals surface area contributed by atoms with Gasteiger partial charge in [0.2, 0.25) is 0 Å². The number of benzene rings is 9. The normalized spacial score (nSPS) is 12.1. The molecule has 59 heavy (non-hydrogen) atoms. The molecule has 0 spiro atoms. The minimum absolute atomic E-state index is 0.826. The maximum Gasteiger partial charge on any atom is 0.159 e. The van der Waals surface area contributed by atoms with E-state index in [1.54, 1.807) is 0 Å². The Kier molecular flexibility index (Phi) is 6.85. The lowest BCUT2D eigenvalue weighted by molar-refractivity contribution is 0.667. The van der Waals surface area contributed by atoms with E-state index in [-0.39, 0.29) is 0 Å². The second-order valence-corrected chi connectivity index (χ2v) is 16.3. The molecule has 4 nitrogen and oxygen atoms in total. The molecule has 0 aliphatic heterocycles. The summed E-state index contributed by atoms with van der Waals surface area (Å²) in [6.07, 6.45) is 0. The number of rotatable bonds is 5. The van der Waals surface area contributed by atoms with E-state index in [4.69, 9.17) is 8.83 Å². The van der Waals surface area contributed by atoms with Gasteiger partial charge in [-0.25, -0.2) is 0 Å². The first-order valence-corrected chi connectivity index (χ1v) is 20.7. The lowest BCUT2D eigenvalue weighted by Gasteiger charge is -2.25. The fourth-order valence-electron chi connectivity index (χ4n) is 9.33. The number of hydrogen-bond donors (Lipinski definition) is 0. The Balaban J connectivity index is 0.976. The Morgan fingerprint density at radius 1 is 0.407 bits per heavy atom. The van der Waals surface area contributed by atoms with Gasteiger partial charge in [0.05, 0.1) is 22.4 Å². The van der Waals surface area contributed by atoms with Crippen molar-refractivity contribution in [2.45, 2.75) is 0 Å². The molecular formula is C54H32N2O2S. The van der Waals surface area contributed by atoms with Crippen LogP contribution in [0.3, 0.4) is 0 Å². The average molecular weight is 773 g/mol. The number of hydrogen-bond acceptors (Lipinski definition) is 4. The summed E-state index contributed by atoms with van der Waals surface area (Å²) in [5.41, 5.74) is 12.2. The smallest absolute Gasteiger partial charge is 0.159 e. The molecule has 0 fully saturated rings. The summed E-state index contributed by atoms with van der Waals surface area (Å²) in [4.78, 5) is 2.30. The van der Waals surface area contributed by atoms with Crippen molar-refractivity contribution in [2.24, 2.45) is 0 Å². The van der Waals surface area contributed by atoms with Crippen LogP contribution < -0.4 is 4.90 Å². The Bertz CT molecular complexity index is 3750. The van der Waals surface area contributed by atoms with Gasteiger partial charge in [0.25, 0.3) is 0 Å². The first kappa shape index (κ1) is 32.5. The molecule has 4 heterocycles. The molecule has 0 atom stereocenters. The van der Waals surface area contributed by atoms with Crippen molar-refractivity contribution in [2.75, 3.05) is 4.90 Å². The zero-order valence-corrected chi connectivity index (χ0v) is 32.4. The zero-order chi connectivity index (χ0) is 38.6. The molecule has 0 radical (unpaired) electrons. The van der Waals surface area contributed by atoms with Crippen LogP contribution in [-0.2, 0) is 0 Å². The molecular weight excluding hydrogens is 741 g/mol. The standard InChI is InChI=1S/C54H32N2O2S/c1-5-18-46-38(11-1)39-12-2-6-19-47(39)56(46)35-28-30-50-45(31-35)41-29-27-36(32-51(41)57-50)55(48-20-10-16-43-40-13-3-7-21-49(40)58-53(43)48)34-25-23-33(24-26-34)37-15-9-17-44-42-14-4-8-22-52(42)59-54(37)44/h1-32H. The molecule has 0 unspecified atom stereocenters. The molecule has 0 aliphatic carbocycles. The molecule has 4 aromatic heterocycles. The third-order valence-electron chi connectivity index (χ3n) is 12.0. The average Bonchev–Trinajstić information content (AvgIpc) is 4.06. The molecule has 5 heteroatoms. The second kappa shape index (κ2) is 12.4. The third kappa shape index (κ3) is 4.83. The van der Waals surface area contributed by atoms with Crippen molar-refractivity contribution >= 4 is 114 Å². The molecule has 0 bridgehead atoms. The van der Waals surface area contributed by atoms with E-state index in [1.165, 1.54) is 53.1 Å². The van der Waals surface area contributed by atoms with E-state index in [2.05, 4.69) is 191 Å². The quantitative estimate of drug-likeness (QED) is 0.175. The van der Waals surface area contributed by atoms with Crippen LogP contribution in [0, 0.1) is 0 Å². The van der Waals surface area contributed by atoms with Crippen molar-refractivity contribution in [3.8, 4) is 16.8 Å². The predicted molar refractivity (Wildman–Crippen MR) is 248 cm³/mol. The molecule has 0 amide bonds. The van der Waals surface area contributed by atoms with E-state index in [0.717, 1.165) is 66.6 Å². The van der Waals surface area contributed by atoms with Gasteiger partial charge in [-0.1, -0.05) is 115 Å². The number of fused-ring (bicyclic) bond motifs is 12. The van der Waals surface area contributed by atoms with Crippen LogP contribution in [0.25, 0.3) is 103 Å². The van der Waals surface area contributed by atoms with Gasteiger partial charge in [-0.2, -0.15) is 0 Å². The van der Waals surface area contributed by atoms with Gasteiger partial charge >= 0.3 is 0 Å². The number of para-hydroxylation sites is 4. The summed E-state index contributed by atoms with van der Waals surface area (Å²) in [6, 6.07) is 69.4.